The Morgan fingerprint density at radius 3 is 1.14 bits per heavy atom. The molecule has 2 heteroatoms. The van der Waals surface area contributed by atoms with Crippen molar-refractivity contribution in [1.82, 2.24) is 0 Å². The molecule has 0 unspecified atom stereocenters. The third-order valence-corrected chi connectivity index (χ3v) is 1.27. The maximum atomic E-state index is 2.92. The van der Waals surface area contributed by atoms with Crippen LogP contribution in [0.5, 0.6) is 0 Å². The van der Waals surface area contributed by atoms with Gasteiger partial charge in [-0.3, -0.25) is 0 Å². The fraction of sp³-hybridized carbons (Fsp3) is 0. The van der Waals surface area contributed by atoms with Gasteiger partial charge in [0.2, 0.25) is 0 Å². The van der Waals surface area contributed by atoms with E-state index in [0.717, 1.165) is 0 Å². The van der Waals surface area contributed by atoms with E-state index in [-0.39, 0.29) is 40.6 Å². The molecular formula is C12H11LiTi. The van der Waals surface area contributed by atoms with Crippen LogP contribution in [0.4, 0.5) is 0 Å². The van der Waals surface area contributed by atoms with Crippen molar-refractivity contribution >= 4 is 0 Å². The molecule has 2 saturated carbocycles. The number of rotatable bonds is 0. The first-order valence-corrected chi connectivity index (χ1v) is 3.91. The molecule has 0 amide bonds. The molecule has 0 aliphatic heterocycles. The van der Waals surface area contributed by atoms with E-state index in [1.165, 1.54) is 0 Å². The van der Waals surface area contributed by atoms with E-state index in [0.29, 0.717) is 0 Å². The van der Waals surface area contributed by atoms with Gasteiger partial charge in [0.15, 0.2) is 0 Å². The molecule has 0 heterocycles. The normalized spacial score (nSPS) is 20.6. The van der Waals surface area contributed by atoms with Crippen molar-refractivity contribution in [3.63, 3.8) is 0 Å². The summed E-state index contributed by atoms with van der Waals surface area (Å²) in [5, 5.41) is 0. The molecule has 0 atom stereocenters. The smallest absolute Gasteiger partial charge is 0.474 e. The van der Waals surface area contributed by atoms with Crippen molar-refractivity contribution < 1.29 is 40.6 Å². The SMILES string of the molecule is [C-]1[CH][CH][CH][CH][CH][CH]1.[CH]1[CH][CH][CH][CH]1.[Li+].[Ti]. The van der Waals surface area contributed by atoms with Crippen LogP contribution >= 0.6 is 0 Å². The van der Waals surface area contributed by atoms with Crippen molar-refractivity contribution in [2.45, 2.75) is 0 Å². The quantitative estimate of drug-likeness (QED) is 0.282. The van der Waals surface area contributed by atoms with E-state index in [1.54, 1.807) is 0 Å². The van der Waals surface area contributed by atoms with Crippen LogP contribution in [0, 0.1) is 77.0 Å². The van der Waals surface area contributed by atoms with Crippen LogP contribution in [-0.4, -0.2) is 0 Å². The molecular weight excluding hydrogens is 199 g/mol. The minimum absolute atomic E-state index is 0. The molecule has 2 fully saturated rings. The van der Waals surface area contributed by atoms with Crippen LogP contribution in [0.2, 0.25) is 0 Å². The average molecular weight is 210 g/mol. The average Bonchev–Trinajstić information content (AvgIpc) is 2.54. The first-order chi connectivity index (χ1) is 6.00. The minimum Gasteiger partial charge on any atom is -0.474 e. The summed E-state index contributed by atoms with van der Waals surface area (Å²) >= 11 is 0. The summed E-state index contributed by atoms with van der Waals surface area (Å²) in [4.78, 5) is 0. The molecule has 2 aliphatic carbocycles. The second-order valence-corrected chi connectivity index (χ2v) is 2.23. The molecule has 12 radical (unpaired) electrons. The summed E-state index contributed by atoms with van der Waals surface area (Å²) in [7, 11) is 0. The second-order valence-electron chi connectivity index (χ2n) is 2.23. The van der Waals surface area contributed by atoms with Gasteiger partial charge in [-0.05, 0) is 44.9 Å². The van der Waals surface area contributed by atoms with Crippen molar-refractivity contribution in [3.8, 4) is 0 Å². The van der Waals surface area contributed by atoms with Crippen molar-refractivity contribution in [2.24, 2.45) is 0 Å². The van der Waals surface area contributed by atoms with E-state index in [4.69, 9.17) is 0 Å². The molecule has 0 saturated heterocycles. The Morgan fingerprint density at radius 1 is 0.500 bits per heavy atom. The van der Waals surface area contributed by atoms with Gasteiger partial charge in [-0.1, -0.05) is 12.8 Å². The van der Waals surface area contributed by atoms with Gasteiger partial charge in [-0.15, -0.1) is 0 Å². The molecule has 0 aromatic heterocycles. The summed E-state index contributed by atoms with van der Waals surface area (Å²) in [6, 6.07) is 0. The molecule has 64 valence electrons. The van der Waals surface area contributed by atoms with Gasteiger partial charge in [-0.2, -0.15) is 0 Å². The van der Waals surface area contributed by atoms with Gasteiger partial charge in [0.1, 0.15) is 0 Å². The zero-order chi connectivity index (χ0) is 8.49. The number of hydrogen-bond donors (Lipinski definition) is 0. The molecule has 2 aliphatic rings. The van der Waals surface area contributed by atoms with Gasteiger partial charge in [0.25, 0.3) is 0 Å². The van der Waals surface area contributed by atoms with Gasteiger partial charge >= 0.3 is 18.9 Å². The maximum Gasteiger partial charge on any atom is 1.00 e. The van der Waals surface area contributed by atoms with E-state index in [2.05, 4.69) is 6.42 Å². The first kappa shape index (κ1) is 17.7. The van der Waals surface area contributed by atoms with Gasteiger partial charge in [-0.25, -0.2) is 12.8 Å². The molecule has 0 N–H and O–H groups in total. The van der Waals surface area contributed by atoms with Gasteiger partial charge < -0.3 is 6.42 Å². The van der Waals surface area contributed by atoms with Crippen molar-refractivity contribution in [3.05, 3.63) is 77.0 Å². The third-order valence-electron chi connectivity index (χ3n) is 1.27. The van der Waals surface area contributed by atoms with Gasteiger partial charge in [0.05, 0.1) is 0 Å². The summed E-state index contributed by atoms with van der Waals surface area (Å²) in [5.74, 6) is 0. The summed E-state index contributed by atoms with van der Waals surface area (Å²) < 4.78 is 0. The van der Waals surface area contributed by atoms with Crippen molar-refractivity contribution in [1.29, 1.82) is 0 Å². The summed E-state index contributed by atoms with van der Waals surface area (Å²) in [5.41, 5.74) is 0. The Morgan fingerprint density at radius 2 is 0.786 bits per heavy atom. The molecule has 2 rings (SSSR count). The van der Waals surface area contributed by atoms with Crippen LogP contribution in [0.15, 0.2) is 0 Å². The van der Waals surface area contributed by atoms with Gasteiger partial charge in [0, 0.05) is 21.7 Å². The van der Waals surface area contributed by atoms with Crippen LogP contribution in [0.25, 0.3) is 0 Å². The summed E-state index contributed by atoms with van der Waals surface area (Å²) in [6.07, 6.45) is 24.5. The predicted octanol–water partition coefficient (Wildman–Crippen LogP) is -0.670. The Hall–Kier alpha value is 1.31. The monoisotopic (exact) mass is 210 g/mol. The van der Waals surface area contributed by atoms with Crippen LogP contribution < -0.4 is 18.9 Å². The first-order valence-electron chi connectivity index (χ1n) is 3.91. The Kier molecular flexibility index (Phi) is 18.1. The zero-order valence-corrected chi connectivity index (χ0v) is 9.91. The van der Waals surface area contributed by atoms with Crippen molar-refractivity contribution in [2.75, 3.05) is 0 Å². The fourth-order valence-electron chi connectivity index (χ4n) is 0.727. The molecule has 0 aromatic carbocycles. The molecule has 0 nitrogen and oxygen atoms in total. The van der Waals surface area contributed by atoms with Crippen LogP contribution in [0.1, 0.15) is 0 Å². The topological polar surface area (TPSA) is 0 Å². The maximum absolute atomic E-state index is 2.92. The molecule has 14 heavy (non-hydrogen) atoms. The van der Waals surface area contributed by atoms with E-state index in [1.807, 2.05) is 70.6 Å². The Balaban J connectivity index is 0. The van der Waals surface area contributed by atoms with Crippen LogP contribution in [0.3, 0.4) is 0 Å². The summed E-state index contributed by atoms with van der Waals surface area (Å²) in [6.45, 7) is 0. The fourth-order valence-corrected chi connectivity index (χ4v) is 0.727. The molecule has 0 bridgehead atoms. The zero-order valence-electron chi connectivity index (χ0n) is 8.35. The second kappa shape index (κ2) is 14.3. The predicted molar refractivity (Wildman–Crippen MR) is 50.5 cm³/mol. The Bertz CT molecular complexity index is 65.1. The minimum atomic E-state index is 0. The van der Waals surface area contributed by atoms with E-state index < -0.39 is 0 Å². The Labute approximate surface area is 117 Å². The third kappa shape index (κ3) is 11.4. The van der Waals surface area contributed by atoms with E-state index in [9.17, 15) is 0 Å². The van der Waals surface area contributed by atoms with E-state index >= 15 is 0 Å². The molecule has 0 aromatic rings. The standard InChI is InChI=1S/C7H6.C5H5.Li.Ti/c1-2-4-6-7-5-3-1;1-2-4-5-3-1;;/h1-6H;1-5H;;/q-1;;+1;. The van der Waals surface area contributed by atoms with Crippen LogP contribution in [-0.2, 0) is 21.7 Å². The molecule has 0 spiro atoms. The number of hydrogen-bond acceptors (Lipinski definition) is 0. The largest absolute Gasteiger partial charge is 1.00 e.